The summed E-state index contributed by atoms with van der Waals surface area (Å²) in [6.07, 6.45) is 0. The summed E-state index contributed by atoms with van der Waals surface area (Å²) in [5.74, 6) is 0.923. The molecule has 0 bridgehead atoms. The van der Waals surface area contributed by atoms with Gasteiger partial charge in [0, 0.05) is 46.8 Å². The molecule has 1 rings (SSSR count). The minimum Gasteiger partial charge on any atom is -0.624 e. The quantitative estimate of drug-likeness (QED) is 0.325. The Bertz CT molecular complexity index is 231. The third kappa shape index (κ3) is 7.76. The van der Waals surface area contributed by atoms with Gasteiger partial charge >= 0.3 is 19.8 Å². The summed E-state index contributed by atoms with van der Waals surface area (Å²) in [6, 6.07) is 8.44. The first-order valence-electron chi connectivity index (χ1n) is 3.77. The zero-order valence-corrected chi connectivity index (χ0v) is 14.5. The van der Waals surface area contributed by atoms with Crippen molar-refractivity contribution in [1.82, 2.24) is 0 Å². The summed E-state index contributed by atoms with van der Waals surface area (Å²) in [6.45, 7) is 2.72. The molecule has 0 atom stereocenters. The van der Waals surface area contributed by atoms with Crippen molar-refractivity contribution in [3.63, 3.8) is 0 Å². The van der Waals surface area contributed by atoms with Crippen LogP contribution < -0.4 is 0 Å². The second kappa shape index (κ2) is 11.0. The molecule has 1 aromatic rings. The van der Waals surface area contributed by atoms with Crippen molar-refractivity contribution in [3.05, 3.63) is 29.8 Å². The van der Waals surface area contributed by atoms with Crippen molar-refractivity contribution < 1.29 is 24.0 Å². The number of benzene rings is 1. The molecule has 0 N–H and O–H groups in total. The van der Waals surface area contributed by atoms with Crippen LogP contribution in [0, 0.1) is 6.92 Å². The molecule has 14 heavy (non-hydrogen) atoms. The fourth-order valence-corrected chi connectivity index (χ4v) is 1.75. The van der Waals surface area contributed by atoms with E-state index in [1.807, 2.05) is 0 Å². The molecule has 0 fully saturated rings. The Morgan fingerprint density at radius 1 is 1.29 bits per heavy atom. The minimum atomic E-state index is 0. The van der Waals surface area contributed by atoms with Crippen molar-refractivity contribution in [1.29, 1.82) is 0 Å². The fourth-order valence-electron chi connectivity index (χ4n) is 0.828. The first-order valence-corrected chi connectivity index (χ1v) is 5.09. The van der Waals surface area contributed by atoms with E-state index in [2.05, 4.69) is 48.3 Å². The third-order valence-electron chi connectivity index (χ3n) is 1.46. The van der Waals surface area contributed by atoms with Gasteiger partial charge in [0.05, 0.1) is 0 Å². The molecule has 0 unspecified atom stereocenters. The fraction of sp³-hybridized carbons (Fsp3) is 0.333. The van der Waals surface area contributed by atoms with Gasteiger partial charge in [-0.1, -0.05) is 17.7 Å². The Morgan fingerprint density at radius 2 is 1.86 bits per heavy atom. The second-order valence-corrected chi connectivity index (χ2v) is 3.89. The molecule has 0 spiro atoms. The minimum absolute atomic E-state index is 0. The molecule has 0 saturated carbocycles. The monoisotopic (exact) mass is 414 g/mol. The predicted octanol–water partition coefficient (Wildman–Crippen LogP) is 2.18. The van der Waals surface area contributed by atoms with E-state index in [-0.39, 0.29) is 49.3 Å². The van der Waals surface area contributed by atoms with Crippen molar-refractivity contribution in [2.45, 2.75) is 11.8 Å². The average molecular weight is 413 g/mol. The Kier molecular flexibility index (Phi) is 14.1. The summed E-state index contributed by atoms with van der Waals surface area (Å²) in [5.41, 5.74) is 1.29. The van der Waals surface area contributed by atoms with Gasteiger partial charge in [-0.25, -0.2) is 0 Å². The Labute approximate surface area is 131 Å². The summed E-state index contributed by atoms with van der Waals surface area (Å²) in [4.78, 5) is 1.27. The van der Waals surface area contributed by atoms with E-state index < -0.39 is 0 Å². The van der Waals surface area contributed by atoms with Crippen LogP contribution in [0.25, 0.3) is 0 Å². The van der Waals surface area contributed by atoms with Crippen LogP contribution in [0.3, 0.4) is 0 Å². The molecular formula is C9H11NaOOsS2. The average Bonchev–Trinajstić information content (AvgIpc) is 2.09. The topological polar surface area (TPSA) is 9.23 Å². The molecular weight excluding hydrogens is 401 g/mol. The number of hydrogen-bond donors (Lipinski definition) is 0. The van der Waals surface area contributed by atoms with Crippen molar-refractivity contribution >= 4 is 54.2 Å². The molecule has 1 nitrogen and oxygen atoms in total. The first-order chi connectivity index (χ1) is 5.83. The number of aryl methyl sites for hydroxylation is 1. The van der Waals surface area contributed by atoms with E-state index in [9.17, 15) is 0 Å². The zero-order valence-electron chi connectivity index (χ0n) is 8.30. The molecule has 0 amide bonds. The molecule has 0 aliphatic heterocycles. The number of hydrogen-bond acceptors (Lipinski definition) is 3. The maximum atomic E-state index is 4.55. The van der Waals surface area contributed by atoms with Gasteiger partial charge < -0.3 is 17.1 Å². The largest absolute Gasteiger partial charge is 1.00 e. The van der Waals surface area contributed by atoms with Crippen LogP contribution in [0.2, 0.25) is 0 Å². The van der Waals surface area contributed by atoms with E-state index in [1.165, 1.54) is 10.5 Å². The summed E-state index contributed by atoms with van der Waals surface area (Å²) in [7, 11) is 0. The second-order valence-electron chi connectivity index (χ2n) is 2.48. The van der Waals surface area contributed by atoms with Gasteiger partial charge in [0.1, 0.15) is 0 Å². The summed E-state index contributed by atoms with van der Waals surface area (Å²) < 4.78 is 4.55. The van der Waals surface area contributed by atoms with Gasteiger partial charge in [-0.3, -0.25) is 0 Å². The first kappa shape index (κ1) is 17.9. The van der Waals surface area contributed by atoms with Gasteiger partial charge in [0.15, 0.2) is 0 Å². The summed E-state index contributed by atoms with van der Waals surface area (Å²) in [5, 5.41) is 0. The van der Waals surface area contributed by atoms with E-state index >= 15 is 0 Å². The van der Waals surface area contributed by atoms with Crippen molar-refractivity contribution in [2.24, 2.45) is 0 Å². The molecule has 0 heterocycles. The molecule has 1 aromatic carbocycles. The van der Waals surface area contributed by atoms with Gasteiger partial charge in [-0.15, -0.1) is 11.8 Å². The van der Waals surface area contributed by atoms with Crippen LogP contribution >= 0.6 is 11.8 Å². The van der Waals surface area contributed by atoms with E-state index in [0.717, 1.165) is 5.75 Å². The zero-order chi connectivity index (χ0) is 8.81. The van der Waals surface area contributed by atoms with E-state index in [1.54, 1.807) is 11.8 Å². The van der Waals surface area contributed by atoms with Crippen LogP contribution in [0.5, 0.6) is 0 Å². The van der Waals surface area contributed by atoms with Crippen LogP contribution in [-0.4, -0.2) is 41.9 Å². The van der Waals surface area contributed by atoms with Gasteiger partial charge in [-0.2, -0.15) is 0 Å². The molecule has 0 aliphatic carbocycles. The van der Waals surface area contributed by atoms with Gasteiger partial charge in [-0.05, 0) is 19.1 Å². The SMILES string of the molecule is Cc1ccc(SCCO[S-])cc1.[Na].[Os+]. The normalized spacial score (nSPS) is 8.71. The van der Waals surface area contributed by atoms with E-state index in [4.69, 9.17) is 0 Å². The summed E-state index contributed by atoms with van der Waals surface area (Å²) >= 11 is 6.14. The van der Waals surface area contributed by atoms with E-state index in [0.29, 0.717) is 6.61 Å². The van der Waals surface area contributed by atoms with Gasteiger partial charge in [0.25, 0.3) is 0 Å². The Hall–Kier alpha value is 1.52. The molecule has 2 radical (unpaired) electrons. The number of thioether (sulfide) groups is 1. The molecule has 74 valence electrons. The Balaban J connectivity index is 0. The Morgan fingerprint density at radius 3 is 2.36 bits per heavy atom. The van der Waals surface area contributed by atoms with Crippen molar-refractivity contribution in [3.8, 4) is 0 Å². The van der Waals surface area contributed by atoms with Crippen LogP contribution in [0.4, 0.5) is 0 Å². The number of rotatable bonds is 4. The predicted molar refractivity (Wildman–Crippen MR) is 61.0 cm³/mol. The van der Waals surface area contributed by atoms with Crippen molar-refractivity contribution in [2.75, 3.05) is 12.4 Å². The molecule has 0 aromatic heterocycles. The maximum absolute atomic E-state index is 4.55. The smallest absolute Gasteiger partial charge is 0.624 e. The van der Waals surface area contributed by atoms with Crippen LogP contribution in [0.15, 0.2) is 29.2 Å². The van der Waals surface area contributed by atoms with Crippen LogP contribution in [-0.2, 0) is 36.9 Å². The van der Waals surface area contributed by atoms with Crippen LogP contribution in [0.1, 0.15) is 5.56 Å². The molecule has 5 heteroatoms. The standard InChI is InChI=1S/C9H12OS2.Na.Os/c1-8-2-4-9(5-3-8)12-7-6-10-11;;/h2-5,11H,6-7H2,1H3;;/q;;+1/p-1. The maximum Gasteiger partial charge on any atom is 1.00 e. The molecule has 0 aliphatic rings. The third-order valence-corrected chi connectivity index (χ3v) is 2.60. The van der Waals surface area contributed by atoms with Gasteiger partial charge in [0.2, 0.25) is 0 Å². The molecule has 0 saturated heterocycles.